The van der Waals surface area contributed by atoms with Gasteiger partial charge in [0.1, 0.15) is 11.9 Å². The fourth-order valence-electron chi connectivity index (χ4n) is 2.03. The normalized spacial score (nSPS) is 30.4. The lowest BCUT2D eigenvalue weighted by atomic mass is 9.94. The maximum atomic E-state index is 10.0. The van der Waals surface area contributed by atoms with Crippen molar-refractivity contribution < 1.29 is 14.6 Å². The summed E-state index contributed by atoms with van der Waals surface area (Å²) in [4.78, 5) is 0. The average molecular weight is 198 g/mol. The lowest BCUT2D eigenvalue weighted by Gasteiger charge is -2.29. The van der Waals surface area contributed by atoms with Gasteiger partial charge in [-0.25, -0.2) is 0 Å². The molecule has 0 aromatic heterocycles. The van der Waals surface area contributed by atoms with Crippen molar-refractivity contribution in [3.63, 3.8) is 0 Å². The van der Waals surface area contributed by atoms with Gasteiger partial charge < -0.3 is 14.6 Å². The summed E-state index contributed by atoms with van der Waals surface area (Å²) >= 11 is 0. The third-order valence-electron chi connectivity index (χ3n) is 2.90. The van der Waals surface area contributed by atoms with Gasteiger partial charge in [0.15, 0.2) is 0 Å². The molecule has 1 saturated heterocycles. The van der Waals surface area contributed by atoms with Crippen molar-refractivity contribution in [2.24, 2.45) is 5.92 Å². The Morgan fingerprint density at radius 3 is 2.93 bits per heavy atom. The van der Waals surface area contributed by atoms with Gasteiger partial charge >= 0.3 is 0 Å². The highest BCUT2D eigenvalue weighted by atomic mass is 16.5. The fraction of sp³-hybridized carbons (Fsp3) is 0.818. The van der Waals surface area contributed by atoms with E-state index in [2.05, 4.69) is 0 Å². The molecule has 0 bridgehead atoms. The molecule has 2 aliphatic heterocycles. The van der Waals surface area contributed by atoms with Gasteiger partial charge in [0.05, 0.1) is 13.2 Å². The van der Waals surface area contributed by atoms with Crippen LogP contribution in [0, 0.1) is 5.92 Å². The van der Waals surface area contributed by atoms with Crippen molar-refractivity contribution in [3.05, 3.63) is 11.8 Å². The quantitative estimate of drug-likeness (QED) is 0.730. The van der Waals surface area contributed by atoms with Crippen LogP contribution in [0.25, 0.3) is 0 Å². The van der Waals surface area contributed by atoms with Crippen LogP contribution in [0.4, 0.5) is 0 Å². The van der Waals surface area contributed by atoms with Gasteiger partial charge in [0.25, 0.3) is 0 Å². The molecular weight excluding hydrogens is 180 g/mol. The van der Waals surface area contributed by atoms with Crippen molar-refractivity contribution in [2.75, 3.05) is 19.8 Å². The van der Waals surface area contributed by atoms with Crippen molar-refractivity contribution in [1.29, 1.82) is 0 Å². The molecule has 1 N–H and O–H groups in total. The average Bonchev–Trinajstić information content (AvgIpc) is 2.30. The number of hydrogen-bond donors (Lipinski definition) is 1. The topological polar surface area (TPSA) is 38.7 Å². The molecule has 2 rings (SSSR count). The predicted octanol–water partition coefficient (Wildman–Crippen LogP) is 1.47. The third-order valence-corrected chi connectivity index (χ3v) is 2.90. The molecule has 2 unspecified atom stereocenters. The zero-order chi connectivity index (χ0) is 9.80. The van der Waals surface area contributed by atoms with Crippen LogP contribution in [0.3, 0.4) is 0 Å². The molecule has 14 heavy (non-hydrogen) atoms. The van der Waals surface area contributed by atoms with E-state index in [1.807, 2.05) is 6.08 Å². The number of aliphatic hydroxyl groups is 1. The highest BCUT2D eigenvalue weighted by molar-refractivity contribution is 5.04. The third kappa shape index (κ3) is 2.28. The Kier molecular flexibility index (Phi) is 3.43. The van der Waals surface area contributed by atoms with Crippen LogP contribution >= 0.6 is 0 Å². The Hall–Kier alpha value is -0.540. The lowest BCUT2D eigenvalue weighted by molar-refractivity contribution is -0.0198. The fourth-order valence-corrected chi connectivity index (χ4v) is 2.03. The molecule has 0 aromatic rings. The van der Waals surface area contributed by atoms with Crippen LogP contribution in [0.2, 0.25) is 0 Å². The molecule has 2 atom stereocenters. The molecule has 0 spiro atoms. The maximum Gasteiger partial charge on any atom is 0.121 e. The van der Waals surface area contributed by atoms with Crippen LogP contribution in [-0.2, 0) is 9.47 Å². The van der Waals surface area contributed by atoms with Crippen molar-refractivity contribution >= 4 is 0 Å². The van der Waals surface area contributed by atoms with Gasteiger partial charge in [-0.1, -0.05) is 0 Å². The molecule has 3 heteroatoms. The van der Waals surface area contributed by atoms with Gasteiger partial charge in [-0.2, -0.15) is 0 Å². The Labute approximate surface area is 84.7 Å². The Morgan fingerprint density at radius 2 is 2.29 bits per heavy atom. The molecule has 0 radical (unpaired) electrons. The van der Waals surface area contributed by atoms with E-state index in [4.69, 9.17) is 9.47 Å². The zero-order valence-corrected chi connectivity index (χ0v) is 8.45. The Morgan fingerprint density at radius 1 is 1.36 bits per heavy atom. The standard InChI is InChI=1S/C11H18O3/c12-11(9-4-3-6-13-8-9)10-5-1-2-7-14-10/h5,9,11-12H,1-4,6-8H2. The number of allylic oxidation sites excluding steroid dienone is 1. The van der Waals surface area contributed by atoms with Crippen LogP contribution in [-0.4, -0.2) is 31.0 Å². The SMILES string of the molecule is OC(C1=CCCCO1)C1CCCOC1. The van der Waals surface area contributed by atoms with Crippen molar-refractivity contribution in [2.45, 2.75) is 31.8 Å². The summed E-state index contributed by atoms with van der Waals surface area (Å²) < 4.78 is 10.8. The van der Waals surface area contributed by atoms with E-state index in [0.29, 0.717) is 6.61 Å². The summed E-state index contributed by atoms with van der Waals surface area (Å²) in [6, 6.07) is 0. The van der Waals surface area contributed by atoms with Crippen molar-refractivity contribution in [3.8, 4) is 0 Å². The molecular formula is C11H18O3. The first-order valence-electron chi connectivity index (χ1n) is 5.46. The van der Waals surface area contributed by atoms with Gasteiger partial charge in [0.2, 0.25) is 0 Å². The van der Waals surface area contributed by atoms with Gasteiger partial charge in [-0.3, -0.25) is 0 Å². The molecule has 2 aliphatic rings. The molecule has 0 aliphatic carbocycles. The van der Waals surface area contributed by atoms with Gasteiger partial charge in [0, 0.05) is 12.5 Å². The largest absolute Gasteiger partial charge is 0.495 e. The highest BCUT2D eigenvalue weighted by Gasteiger charge is 2.27. The number of aliphatic hydroxyl groups excluding tert-OH is 1. The molecule has 0 aromatic carbocycles. The van der Waals surface area contributed by atoms with Crippen LogP contribution in [0.15, 0.2) is 11.8 Å². The summed E-state index contributed by atoms with van der Waals surface area (Å²) in [5.41, 5.74) is 0. The summed E-state index contributed by atoms with van der Waals surface area (Å²) in [6.07, 6.45) is 5.76. The lowest BCUT2D eigenvalue weighted by Crippen LogP contribution is -2.32. The summed E-state index contributed by atoms with van der Waals surface area (Å²) in [5.74, 6) is 1.000. The van der Waals surface area contributed by atoms with E-state index in [0.717, 1.165) is 44.7 Å². The monoisotopic (exact) mass is 198 g/mol. The van der Waals surface area contributed by atoms with E-state index in [-0.39, 0.29) is 5.92 Å². The first-order valence-corrected chi connectivity index (χ1v) is 5.46. The maximum absolute atomic E-state index is 10.0. The summed E-state index contributed by atoms with van der Waals surface area (Å²) in [7, 11) is 0. The van der Waals surface area contributed by atoms with E-state index < -0.39 is 6.10 Å². The van der Waals surface area contributed by atoms with E-state index in [9.17, 15) is 5.11 Å². The molecule has 80 valence electrons. The van der Waals surface area contributed by atoms with E-state index >= 15 is 0 Å². The number of ether oxygens (including phenoxy) is 2. The Bertz CT molecular complexity index is 207. The van der Waals surface area contributed by atoms with Crippen LogP contribution < -0.4 is 0 Å². The van der Waals surface area contributed by atoms with Crippen molar-refractivity contribution in [1.82, 2.24) is 0 Å². The van der Waals surface area contributed by atoms with Crippen LogP contribution in [0.1, 0.15) is 25.7 Å². The smallest absolute Gasteiger partial charge is 0.121 e. The molecule has 0 saturated carbocycles. The molecule has 0 amide bonds. The molecule has 2 heterocycles. The van der Waals surface area contributed by atoms with Gasteiger partial charge in [-0.15, -0.1) is 0 Å². The predicted molar refractivity (Wildman–Crippen MR) is 52.8 cm³/mol. The molecule has 1 fully saturated rings. The first kappa shape index (κ1) is 9.99. The molecule has 3 nitrogen and oxygen atoms in total. The minimum atomic E-state index is -0.449. The van der Waals surface area contributed by atoms with E-state index in [1.165, 1.54) is 0 Å². The second-order valence-corrected chi connectivity index (χ2v) is 4.02. The number of rotatable bonds is 2. The summed E-state index contributed by atoms with van der Waals surface area (Å²) in [6.45, 7) is 2.25. The van der Waals surface area contributed by atoms with Gasteiger partial charge in [-0.05, 0) is 31.8 Å². The minimum Gasteiger partial charge on any atom is -0.495 e. The van der Waals surface area contributed by atoms with Crippen LogP contribution in [0.5, 0.6) is 0 Å². The number of hydrogen-bond acceptors (Lipinski definition) is 3. The second kappa shape index (κ2) is 4.80. The second-order valence-electron chi connectivity index (χ2n) is 4.02. The Balaban J connectivity index is 1.91. The minimum absolute atomic E-state index is 0.230. The first-order chi connectivity index (χ1) is 6.88. The van der Waals surface area contributed by atoms with E-state index in [1.54, 1.807) is 0 Å². The highest BCUT2D eigenvalue weighted by Crippen LogP contribution is 2.24. The summed E-state index contributed by atoms with van der Waals surface area (Å²) in [5, 5.41) is 10.0. The zero-order valence-electron chi connectivity index (χ0n) is 8.45.